The Kier molecular flexibility index (Phi) is 2.19. The zero-order valence-corrected chi connectivity index (χ0v) is 8.55. The molecule has 2 atom stereocenters. The quantitative estimate of drug-likeness (QED) is 0.185. The Bertz CT molecular complexity index is 373. The van der Waals surface area contributed by atoms with Gasteiger partial charge >= 0.3 is 17.9 Å². The van der Waals surface area contributed by atoms with Gasteiger partial charge in [-0.3, -0.25) is 20.9 Å². The first-order valence-electron chi connectivity index (χ1n) is 4.43. The summed E-state index contributed by atoms with van der Waals surface area (Å²) in [7, 11) is 0. The molecule has 0 bridgehead atoms. The van der Waals surface area contributed by atoms with E-state index in [2.05, 4.69) is 9.47 Å². The molecule has 2 fully saturated rings. The van der Waals surface area contributed by atoms with E-state index >= 15 is 0 Å². The maximum Gasteiger partial charge on any atom is 0.330 e. The zero-order valence-electron chi connectivity index (χ0n) is 8.55. The monoisotopic (exact) mass is 272 g/mol. The highest BCUT2D eigenvalue weighted by atomic mass is 17.0. The Morgan fingerprint density at radius 3 is 1.11 bits per heavy atom. The fourth-order valence-electron chi connectivity index (χ4n) is 1.95. The van der Waals surface area contributed by atoms with Crippen molar-refractivity contribution in [2.45, 2.75) is 35.0 Å². The topological polar surface area (TPSA) is 232 Å². The van der Waals surface area contributed by atoms with Crippen LogP contribution in [0.15, 0.2) is 0 Å². The van der Waals surface area contributed by atoms with E-state index in [-0.39, 0.29) is 0 Å². The molecular weight excluding hydrogens is 260 g/mol. The van der Waals surface area contributed by atoms with Gasteiger partial charge in [0.2, 0.25) is 17.1 Å². The van der Waals surface area contributed by atoms with Crippen molar-refractivity contribution in [1.29, 1.82) is 0 Å². The Balaban J connectivity index is 2.72. The summed E-state index contributed by atoms with van der Waals surface area (Å²) in [5.74, 6) is -11.4. The Morgan fingerprint density at radius 2 is 0.889 bits per heavy atom. The average Bonchev–Trinajstić information content (AvgIpc) is 2.27. The standard InChI is InChI=1S/C6H12N2O10/c7-2(10)1(9)3(8,11)5(14,15)18-6(1,16)17-4(2,12)13/h9-16H,7-8H2. The maximum atomic E-state index is 9.93. The number of nitrogens with two attached hydrogens (primary N) is 2. The first-order valence-corrected chi connectivity index (χ1v) is 4.43. The van der Waals surface area contributed by atoms with Gasteiger partial charge in [0.1, 0.15) is 0 Å². The predicted molar refractivity (Wildman–Crippen MR) is 44.7 cm³/mol. The molecule has 0 aromatic rings. The van der Waals surface area contributed by atoms with Crippen LogP contribution in [0, 0.1) is 0 Å². The first kappa shape index (κ1) is 13.9. The lowest BCUT2D eigenvalue weighted by Crippen LogP contribution is -2.82. The second kappa shape index (κ2) is 2.83. The van der Waals surface area contributed by atoms with Gasteiger partial charge in [0.25, 0.3) is 0 Å². The van der Waals surface area contributed by atoms with Crippen LogP contribution in [-0.2, 0) is 9.47 Å². The van der Waals surface area contributed by atoms with E-state index in [9.17, 15) is 40.9 Å². The zero-order chi connectivity index (χ0) is 14.4. The minimum absolute atomic E-state index is 3.72. The van der Waals surface area contributed by atoms with E-state index in [1.807, 2.05) is 0 Å². The number of fused-ring (bicyclic) bond motifs is 1. The summed E-state index contributed by atoms with van der Waals surface area (Å²) in [6.07, 6.45) is 0. The molecule has 0 aliphatic carbocycles. The predicted octanol–water partition coefficient (Wildman–Crippen LogP) is -7.00. The third-order valence-corrected chi connectivity index (χ3v) is 3.11. The van der Waals surface area contributed by atoms with Crippen molar-refractivity contribution >= 4 is 0 Å². The summed E-state index contributed by atoms with van der Waals surface area (Å²) in [6.45, 7) is 0. The first-order chi connectivity index (χ1) is 7.66. The van der Waals surface area contributed by atoms with Crippen LogP contribution in [-0.4, -0.2) is 75.8 Å². The van der Waals surface area contributed by atoms with Crippen LogP contribution in [0.1, 0.15) is 0 Å². The van der Waals surface area contributed by atoms with Gasteiger partial charge in [-0.25, -0.2) is 0 Å². The highest BCUT2D eigenvalue weighted by Crippen LogP contribution is 2.58. The molecule has 0 radical (unpaired) electrons. The van der Waals surface area contributed by atoms with Gasteiger partial charge in [-0.1, -0.05) is 0 Å². The molecule has 2 aliphatic heterocycles. The molecule has 106 valence electrons. The summed E-state index contributed by atoms with van der Waals surface area (Å²) in [5, 5.41) is 75.5. The molecule has 2 heterocycles. The highest BCUT2D eigenvalue weighted by molar-refractivity contribution is 5.24. The third kappa shape index (κ3) is 1.02. The van der Waals surface area contributed by atoms with E-state index in [1.165, 1.54) is 0 Å². The SMILES string of the molecule is NC1(O)C(O)(O)OC2(O)OC(O)(O)C(N)(O)C21O. The molecule has 12 nitrogen and oxygen atoms in total. The number of hydrogen-bond acceptors (Lipinski definition) is 12. The molecule has 2 aliphatic rings. The molecule has 0 saturated carbocycles. The van der Waals surface area contributed by atoms with E-state index in [4.69, 9.17) is 11.5 Å². The lowest BCUT2D eigenvalue weighted by Gasteiger charge is -2.42. The third-order valence-electron chi connectivity index (χ3n) is 3.11. The van der Waals surface area contributed by atoms with Gasteiger partial charge in [0, 0.05) is 0 Å². The van der Waals surface area contributed by atoms with Gasteiger partial charge in [-0.2, -0.15) is 0 Å². The van der Waals surface area contributed by atoms with Crippen molar-refractivity contribution in [1.82, 2.24) is 0 Å². The van der Waals surface area contributed by atoms with Crippen molar-refractivity contribution in [2.24, 2.45) is 11.5 Å². The van der Waals surface area contributed by atoms with Crippen molar-refractivity contribution in [3.05, 3.63) is 0 Å². The number of aliphatic hydroxyl groups is 8. The largest absolute Gasteiger partial charge is 0.374 e. The van der Waals surface area contributed by atoms with Crippen LogP contribution in [0.3, 0.4) is 0 Å². The van der Waals surface area contributed by atoms with Crippen molar-refractivity contribution in [2.75, 3.05) is 0 Å². The van der Waals surface area contributed by atoms with Gasteiger partial charge < -0.3 is 40.9 Å². The highest BCUT2D eigenvalue weighted by Gasteiger charge is 2.94. The summed E-state index contributed by atoms with van der Waals surface area (Å²) < 4.78 is 7.82. The van der Waals surface area contributed by atoms with Crippen LogP contribution in [0.4, 0.5) is 0 Å². The Labute approximate surface area is 97.8 Å². The van der Waals surface area contributed by atoms with Gasteiger partial charge in [-0.05, 0) is 0 Å². The second-order valence-corrected chi connectivity index (χ2v) is 4.25. The van der Waals surface area contributed by atoms with Gasteiger partial charge in [0.15, 0.2) is 0 Å². The van der Waals surface area contributed by atoms with Crippen molar-refractivity contribution < 1.29 is 50.3 Å². The van der Waals surface area contributed by atoms with Crippen LogP contribution >= 0.6 is 0 Å². The maximum absolute atomic E-state index is 9.93. The average molecular weight is 272 g/mol. The molecule has 2 unspecified atom stereocenters. The lowest BCUT2D eigenvalue weighted by molar-refractivity contribution is -0.507. The van der Waals surface area contributed by atoms with Crippen LogP contribution in [0.5, 0.6) is 0 Å². The van der Waals surface area contributed by atoms with E-state index in [1.54, 1.807) is 0 Å². The lowest BCUT2D eigenvalue weighted by atomic mass is 9.80. The molecule has 0 aromatic carbocycles. The fraction of sp³-hybridized carbons (Fsp3) is 1.00. The smallest absolute Gasteiger partial charge is 0.330 e. The van der Waals surface area contributed by atoms with Crippen LogP contribution in [0.25, 0.3) is 0 Å². The van der Waals surface area contributed by atoms with E-state index in [0.29, 0.717) is 0 Å². The van der Waals surface area contributed by atoms with Crippen molar-refractivity contribution in [3.63, 3.8) is 0 Å². The second-order valence-electron chi connectivity index (χ2n) is 4.25. The molecule has 0 amide bonds. The van der Waals surface area contributed by atoms with Crippen LogP contribution in [0.2, 0.25) is 0 Å². The minimum atomic E-state index is -3.82. The molecule has 2 rings (SSSR count). The van der Waals surface area contributed by atoms with E-state index < -0.39 is 35.0 Å². The summed E-state index contributed by atoms with van der Waals surface area (Å²) >= 11 is 0. The normalized spacial score (nSPS) is 57.7. The van der Waals surface area contributed by atoms with Crippen molar-refractivity contribution in [3.8, 4) is 0 Å². The fourth-order valence-corrected chi connectivity index (χ4v) is 1.95. The number of rotatable bonds is 0. The Morgan fingerprint density at radius 1 is 0.611 bits per heavy atom. The Hall–Kier alpha value is -0.480. The summed E-state index contributed by atoms with van der Waals surface area (Å²) in [5.41, 5.74) is -1.44. The van der Waals surface area contributed by atoms with Crippen LogP contribution < -0.4 is 11.5 Å². The molecule has 0 spiro atoms. The van der Waals surface area contributed by atoms with Gasteiger partial charge in [-0.15, -0.1) is 0 Å². The van der Waals surface area contributed by atoms with Gasteiger partial charge in [0.05, 0.1) is 0 Å². The molecule has 0 aromatic heterocycles. The molecule has 12 N–H and O–H groups in total. The number of hydrogen-bond donors (Lipinski definition) is 10. The van der Waals surface area contributed by atoms with E-state index in [0.717, 1.165) is 0 Å². The molecule has 12 heteroatoms. The summed E-state index contributed by atoms with van der Waals surface area (Å²) in [6, 6.07) is 0. The minimum Gasteiger partial charge on any atom is -0.374 e. The molecule has 2 saturated heterocycles. The number of ether oxygens (including phenoxy) is 2. The molecule has 18 heavy (non-hydrogen) atoms. The molecular formula is C6H12N2O10. The summed E-state index contributed by atoms with van der Waals surface area (Å²) in [4.78, 5) is 0.